The van der Waals surface area contributed by atoms with E-state index in [4.69, 9.17) is 5.73 Å². The highest BCUT2D eigenvalue weighted by molar-refractivity contribution is 5.13. The average molecular weight is 219 g/mol. The van der Waals surface area contributed by atoms with Crippen LogP contribution in [-0.4, -0.2) is 29.0 Å². The number of piperidine rings is 1. The minimum Gasteiger partial charge on any atom is -0.327 e. The molecule has 3 nitrogen and oxygen atoms in total. The smallest absolute Gasteiger partial charge is 0.0335 e. The van der Waals surface area contributed by atoms with Crippen molar-refractivity contribution in [1.29, 1.82) is 0 Å². The van der Waals surface area contributed by atoms with Gasteiger partial charge in [0.1, 0.15) is 0 Å². The van der Waals surface area contributed by atoms with Gasteiger partial charge in [0, 0.05) is 37.6 Å². The third-order valence-corrected chi connectivity index (χ3v) is 3.43. The van der Waals surface area contributed by atoms with Gasteiger partial charge in [-0.15, -0.1) is 0 Å². The first-order valence-corrected chi connectivity index (χ1v) is 6.06. The highest BCUT2D eigenvalue weighted by Crippen LogP contribution is 2.25. The third-order valence-electron chi connectivity index (χ3n) is 3.43. The van der Waals surface area contributed by atoms with Crippen molar-refractivity contribution in [2.45, 2.75) is 32.4 Å². The number of nitrogens with two attached hydrogens (primary N) is 1. The number of rotatable bonds is 2. The molecule has 0 aromatic carbocycles. The molecule has 0 aliphatic carbocycles. The zero-order valence-corrected chi connectivity index (χ0v) is 10.1. The molecule has 3 heteroatoms. The van der Waals surface area contributed by atoms with Crippen molar-refractivity contribution in [3.05, 3.63) is 30.1 Å². The molecule has 1 fully saturated rings. The molecule has 1 aliphatic heterocycles. The van der Waals surface area contributed by atoms with Gasteiger partial charge in [0.05, 0.1) is 0 Å². The lowest BCUT2D eigenvalue weighted by molar-refractivity contribution is 0.124. The number of pyridine rings is 1. The summed E-state index contributed by atoms with van der Waals surface area (Å²) in [5, 5.41) is 0. The second-order valence-electron chi connectivity index (χ2n) is 5.02. The lowest BCUT2D eigenvalue weighted by Gasteiger charge is -2.38. The quantitative estimate of drug-likeness (QED) is 0.825. The Morgan fingerprint density at radius 2 is 2.31 bits per heavy atom. The third kappa shape index (κ3) is 2.60. The van der Waals surface area contributed by atoms with E-state index in [2.05, 4.69) is 29.8 Å². The molecular formula is C13H21N3. The van der Waals surface area contributed by atoms with Crippen LogP contribution in [0.25, 0.3) is 0 Å². The van der Waals surface area contributed by atoms with Crippen LogP contribution in [0.4, 0.5) is 0 Å². The SMILES string of the molecule is CC1CC(N)CN(C(C)c2cccnc2)C1. The van der Waals surface area contributed by atoms with Crippen molar-refractivity contribution in [1.82, 2.24) is 9.88 Å². The zero-order chi connectivity index (χ0) is 11.5. The van der Waals surface area contributed by atoms with Crippen LogP contribution in [0.3, 0.4) is 0 Å². The lowest BCUT2D eigenvalue weighted by atomic mass is 9.94. The van der Waals surface area contributed by atoms with E-state index < -0.39 is 0 Å². The molecule has 2 N–H and O–H groups in total. The molecule has 1 aromatic heterocycles. The first kappa shape index (κ1) is 11.6. The van der Waals surface area contributed by atoms with Crippen LogP contribution in [0.1, 0.15) is 31.9 Å². The zero-order valence-electron chi connectivity index (χ0n) is 10.1. The van der Waals surface area contributed by atoms with Crippen LogP contribution in [-0.2, 0) is 0 Å². The van der Waals surface area contributed by atoms with Crippen LogP contribution in [0.15, 0.2) is 24.5 Å². The van der Waals surface area contributed by atoms with Gasteiger partial charge in [0.2, 0.25) is 0 Å². The van der Waals surface area contributed by atoms with Crippen LogP contribution >= 0.6 is 0 Å². The van der Waals surface area contributed by atoms with Gasteiger partial charge in [-0.1, -0.05) is 13.0 Å². The van der Waals surface area contributed by atoms with E-state index >= 15 is 0 Å². The van der Waals surface area contributed by atoms with E-state index in [1.807, 2.05) is 18.5 Å². The molecular weight excluding hydrogens is 198 g/mol. The molecule has 0 amide bonds. The summed E-state index contributed by atoms with van der Waals surface area (Å²) in [5.74, 6) is 0.697. The predicted octanol–water partition coefficient (Wildman–Crippen LogP) is 1.81. The van der Waals surface area contributed by atoms with Crippen molar-refractivity contribution in [2.75, 3.05) is 13.1 Å². The number of hydrogen-bond acceptors (Lipinski definition) is 3. The van der Waals surface area contributed by atoms with Crippen LogP contribution in [0, 0.1) is 5.92 Å². The fraction of sp³-hybridized carbons (Fsp3) is 0.615. The van der Waals surface area contributed by atoms with Gasteiger partial charge < -0.3 is 5.73 Å². The lowest BCUT2D eigenvalue weighted by Crippen LogP contribution is -2.47. The molecule has 2 heterocycles. The molecule has 1 saturated heterocycles. The molecule has 3 unspecified atom stereocenters. The molecule has 1 aromatic rings. The van der Waals surface area contributed by atoms with Gasteiger partial charge in [-0.2, -0.15) is 0 Å². The first-order valence-electron chi connectivity index (χ1n) is 6.06. The maximum absolute atomic E-state index is 6.07. The van der Waals surface area contributed by atoms with Crippen molar-refractivity contribution in [2.24, 2.45) is 11.7 Å². The van der Waals surface area contributed by atoms with Gasteiger partial charge >= 0.3 is 0 Å². The van der Waals surface area contributed by atoms with E-state index in [0.29, 0.717) is 18.0 Å². The second-order valence-corrected chi connectivity index (χ2v) is 5.02. The fourth-order valence-corrected chi connectivity index (χ4v) is 2.59. The summed E-state index contributed by atoms with van der Waals surface area (Å²) < 4.78 is 0. The Kier molecular flexibility index (Phi) is 3.56. The molecule has 0 saturated carbocycles. The molecule has 0 radical (unpaired) electrons. The molecule has 0 spiro atoms. The van der Waals surface area contributed by atoms with Crippen molar-refractivity contribution >= 4 is 0 Å². The Morgan fingerprint density at radius 3 is 2.94 bits per heavy atom. The van der Waals surface area contributed by atoms with E-state index in [9.17, 15) is 0 Å². The Morgan fingerprint density at radius 1 is 1.50 bits per heavy atom. The Bertz CT molecular complexity index is 315. The summed E-state index contributed by atoms with van der Waals surface area (Å²) in [5.41, 5.74) is 7.36. The highest BCUT2D eigenvalue weighted by Gasteiger charge is 2.26. The Labute approximate surface area is 97.7 Å². The molecule has 0 bridgehead atoms. The number of likely N-dealkylation sites (tertiary alicyclic amines) is 1. The standard InChI is InChI=1S/C13H21N3/c1-10-6-13(14)9-16(8-10)11(2)12-4-3-5-15-7-12/h3-5,7,10-11,13H,6,8-9,14H2,1-2H3. The van der Waals surface area contributed by atoms with Gasteiger partial charge in [0.25, 0.3) is 0 Å². The average Bonchev–Trinajstić information content (AvgIpc) is 2.28. The molecule has 88 valence electrons. The summed E-state index contributed by atoms with van der Waals surface area (Å²) in [6.07, 6.45) is 4.92. The largest absolute Gasteiger partial charge is 0.327 e. The maximum Gasteiger partial charge on any atom is 0.0335 e. The van der Waals surface area contributed by atoms with Crippen LogP contribution in [0.5, 0.6) is 0 Å². The van der Waals surface area contributed by atoms with Gasteiger partial charge in [-0.3, -0.25) is 9.88 Å². The summed E-state index contributed by atoms with van der Waals surface area (Å²) >= 11 is 0. The van der Waals surface area contributed by atoms with Crippen molar-refractivity contribution in [3.8, 4) is 0 Å². The topological polar surface area (TPSA) is 42.1 Å². The maximum atomic E-state index is 6.07. The van der Waals surface area contributed by atoms with Crippen molar-refractivity contribution in [3.63, 3.8) is 0 Å². The Hall–Kier alpha value is -0.930. The second kappa shape index (κ2) is 4.93. The molecule has 3 atom stereocenters. The highest BCUT2D eigenvalue weighted by atomic mass is 15.2. The summed E-state index contributed by atoms with van der Waals surface area (Å²) in [6.45, 7) is 6.66. The monoisotopic (exact) mass is 219 g/mol. The van der Waals surface area contributed by atoms with Crippen LogP contribution in [0.2, 0.25) is 0 Å². The van der Waals surface area contributed by atoms with Gasteiger partial charge in [0.15, 0.2) is 0 Å². The summed E-state index contributed by atoms with van der Waals surface area (Å²) in [7, 11) is 0. The molecule has 1 aliphatic rings. The normalized spacial score (nSPS) is 28.9. The number of hydrogen-bond donors (Lipinski definition) is 1. The van der Waals surface area contributed by atoms with E-state index in [1.54, 1.807) is 0 Å². The van der Waals surface area contributed by atoms with E-state index in [1.165, 1.54) is 5.56 Å². The molecule has 16 heavy (non-hydrogen) atoms. The van der Waals surface area contributed by atoms with Gasteiger partial charge in [-0.05, 0) is 30.9 Å². The number of aromatic nitrogens is 1. The number of nitrogens with zero attached hydrogens (tertiary/aromatic N) is 2. The minimum absolute atomic E-state index is 0.322. The fourth-order valence-electron chi connectivity index (χ4n) is 2.59. The predicted molar refractivity (Wildman–Crippen MR) is 66.0 cm³/mol. The summed E-state index contributed by atoms with van der Waals surface area (Å²) in [4.78, 5) is 6.65. The van der Waals surface area contributed by atoms with E-state index in [-0.39, 0.29) is 0 Å². The van der Waals surface area contributed by atoms with Crippen molar-refractivity contribution < 1.29 is 0 Å². The van der Waals surface area contributed by atoms with Crippen LogP contribution < -0.4 is 5.73 Å². The summed E-state index contributed by atoms with van der Waals surface area (Å²) in [6, 6.07) is 4.88. The first-order chi connectivity index (χ1) is 7.66. The molecule has 2 rings (SSSR count). The van der Waals surface area contributed by atoms with E-state index in [0.717, 1.165) is 19.5 Å². The van der Waals surface area contributed by atoms with Gasteiger partial charge in [-0.25, -0.2) is 0 Å². The minimum atomic E-state index is 0.322. The Balaban J connectivity index is 2.07.